The number of nitrogens with zero attached hydrogens (tertiary/aromatic N) is 2. The van der Waals surface area contributed by atoms with Crippen molar-refractivity contribution in [2.75, 3.05) is 38.1 Å². The zero-order valence-corrected chi connectivity index (χ0v) is 16.3. The molecule has 0 radical (unpaired) electrons. The fourth-order valence-electron chi connectivity index (χ4n) is 2.82. The van der Waals surface area contributed by atoms with Crippen LogP contribution in [0.15, 0.2) is 29.3 Å². The number of aliphatic imine (C=N–C) groups is 1. The van der Waals surface area contributed by atoms with Crippen molar-refractivity contribution in [3.05, 3.63) is 30.1 Å². The highest BCUT2D eigenvalue weighted by molar-refractivity contribution is 5.94. The van der Waals surface area contributed by atoms with Gasteiger partial charge in [0, 0.05) is 31.4 Å². The average Bonchev–Trinajstić information content (AvgIpc) is 2.69. The summed E-state index contributed by atoms with van der Waals surface area (Å²) in [6, 6.07) is 5.72. The maximum Gasteiger partial charge on any atom is 0.409 e. The topological polar surface area (TPSA) is 95.1 Å². The smallest absolute Gasteiger partial charge is 0.409 e. The molecule has 1 aromatic carbocycles. The van der Waals surface area contributed by atoms with Crippen molar-refractivity contribution in [2.45, 2.75) is 32.7 Å². The van der Waals surface area contributed by atoms with Crippen molar-refractivity contribution in [2.24, 2.45) is 4.99 Å². The van der Waals surface area contributed by atoms with Crippen LogP contribution in [0.25, 0.3) is 0 Å². The average molecular weight is 393 g/mol. The Labute approximate surface area is 164 Å². The molecular weight excluding hydrogens is 365 g/mol. The minimum Gasteiger partial charge on any atom is -0.450 e. The van der Waals surface area contributed by atoms with Gasteiger partial charge in [0.1, 0.15) is 12.4 Å². The number of nitrogens with one attached hydrogen (secondary N) is 3. The first-order valence-electron chi connectivity index (χ1n) is 9.53. The number of guanidine groups is 1. The summed E-state index contributed by atoms with van der Waals surface area (Å²) in [7, 11) is 0. The lowest BCUT2D eigenvalue weighted by Crippen LogP contribution is -2.50. The van der Waals surface area contributed by atoms with E-state index in [1.807, 2.05) is 6.92 Å². The Bertz CT molecular complexity index is 673. The Morgan fingerprint density at radius 3 is 2.50 bits per heavy atom. The quantitative estimate of drug-likeness (QED) is 0.507. The van der Waals surface area contributed by atoms with Gasteiger partial charge in [-0.15, -0.1) is 0 Å². The molecule has 154 valence electrons. The fraction of sp³-hybridized carbons (Fsp3) is 0.526. The molecule has 1 fully saturated rings. The van der Waals surface area contributed by atoms with E-state index >= 15 is 0 Å². The zero-order chi connectivity index (χ0) is 20.4. The minimum atomic E-state index is -0.358. The Hall–Kier alpha value is -2.84. The molecule has 0 unspecified atom stereocenters. The summed E-state index contributed by atoms with van der Waals surface area (Å²) < 4.78 is 17.9. The van der Waals surface area contributed by atoms with Gasteiger partial charge in [0.05, 0.1) is 6.61 Å². The Morgan fingerprint density at radius 2 is 1.89 bits per heavy atom. The van der Waals surface area contributed by atoms with E-state index in [9.17, 15) is 14.0 Å². The molecule has 8 nitrogen and oxygen atoms in total. The van der Waals surface area contributed by atoms with Crippen LogP contribution in [0, 0.1) is 5.82 Å². The molecule has 2 amide bonds. The van der Waals surface area contributed by atoms with Gasteiger partial charge >= 0.3 is 6.09 Å². The van der Waals surface area contributed by atoms with Crippen LogP contribution in [0.2, 0.25) is 0 Å². The summed E-state index contributed by atoms with van der Waals surface area (Å²) in [4.78, 5) is 29.8. The van der Waals surface area contributed by atoms with E-state index in [0.29, 0.717) is 37.9 Å². The van der Waals surface area contributed by atoms with Gasteiger partial charge in [-0.1, -0.05) is 0 Å². The first-order valence-corrected chi connectivity index (χ1v) is 9.53. The van der Waals surface area contributed by atoms with Gasteiger partial charge in [-0.05, 0) is 51.0 Å². The van der Waals surface area contributed by atoms with Crippen LogP contribution in [-0.2, 0) is 9.53 Å². The maximum atomic E-state index is 12.9. The summed E-state index contributed by atoms with van der Waals surface area (Å²) in [5.74, 6) is -0.101. The van der Waals surface area contributed by atoms with Crippen LogP contribution in [0.5, 0.6) is 0 Å². The summed E-state index contributed by atoms with van der Waals surface area (Å²) in [5.41, 5.74) is 0.519. The van der Waals surface area contributed by atoms with E-state index in [-0.39, 0.29) is 30.4 Å². The second-order valence-corrected chi connectivity index (χ2v) is 6.35. The molecule has 0 bridgehead atoms. The van der Waals surface area contributed by atoms with Gasteiger partial charge in [0.25, 0.3) is 0 Å². The van der Waals surface area contributed by atoms with Crippen molar-refractivity contribution >= 4 is 23.6 Å². The number of benzene rings is 1. The SMILES string of the molecule is CCNC(=NCC(=O)Nc1ccc(F)cc1)NC1CCN(C(=O)OCC)CC1. The van der Waals surface area contributed by atoms with E-state index in [0.717, 1.165) is 12.8 Å². The number of amides is 2. The fourth-order valence-corrected chi connectivity index (χ4v) is 2.82. The zero-order valence-electron chi connectivity index (χ0n) is 16.3. The van der Waals surface area contributed by atoms with Crippen molar-refractivity contribution in [3.63, 3.8) is 0 Å². The molecule has 0 spiro atoms. The number of hydrogen-bond acceptors (Lipinski definition) is 4. The van der Waals surface area contributed by atoms with Crippen molar-refractivity contribution in [1.29, 1.82) is 0 Å². The summed E-state index contributed by atoms with van der Waals surface area (Å²) in [5, 5.41) is 9.09. The van der Waals surface area contributed by atoms with E-state index in [1.54, 1.807) is 11.8 Å². The van der Waals surface area contributed by atoms with Crippen LogP contribution >= 0.6 is 0 Å². The first-order chi connectivity index (χ1) is 13.5. The predicted octanol–water partition coefficient (Wildman–Crippen LogP) is 1.94. The van der Waals surface area contributed by atoms with Gasteiger partial charge in [0.15, 0.2) is 5.96 Å². The standard InChI is InChI=1S/C19H28FN5O3/c1-3-21-18(22-13-17(26)23-15-7-5-14(20)6-8-15)24-16-9-11-25(12-10-16)19(27)28-4-2/h5-8,16H,3-4,9-13H2,1-2H3,(H,23,26)(H2,21,22,24). The molecule has 1 aliphatic heterocycles. The van der Waals surface area contributed by atoms with E-state index < -0.39 is 0 Å². The number of ether oxygens (including phenoxy) is 1. The number of hydrogen-bond donors (Lipinski definition) is 3. The molecule has 0 aliphatic carbocycles. The number of carbonyl (C=O) groups is 2. The van der Waals surface area contributed by atoms with Crippen LogP contribution in [0.4, 0.5) is 14.9 Å². The van der Waals surface area contributed by atoms with Crippen molar-refractivity contribution < 1.29 is 18.7 Å². The summed E-state index contributed by atoms with van der Waals surface area (Å²) in [6.07, 6.45) is 1.26. The molecule has 0 saturated carbocycles. The first kappa shape index (κ1) is 21.5. The highest BCUT2D eigenvalue weighted by Gasteiger charge is 2.24. The summed E-state index contributed by atoms with van der Waals surface area (Å²) >= 11 is 0. The number of rotatable bonds is 6. The van der Waals surface area contributed by atoms with Gasteiger partial charge in [-0.25, -0.2) is 14.2 Å². The van der Waals surface area contributed by atoms with Gasteiger partial charge < -0.3 is 25.6 Å². The Kier molecular flexibility index (Phi) is 8.51. The lowest BCUT2D eigenvalue weighted by molar-refractivity contribution is -0.114. The number of carbonyl (C=O) groups excluding carboxylic acids is 2. The molecule has 0 aromatic heterocycles. The third-order valence-corrected chi connectivity index (χ3v) is 4.21. The Morgan fingerprint density at radius 1 is 1.21 bits per heavy atom. The second-order valence-electron chi connectivity index (χ2n) is 6.35. The monoisotopic (exact) mass is 393 g/mol. The molecule has 0 atom stereocenters. The van der Waals surface area contributed by atoms with Crippen LogP contribution in [0.1, 0.15) is 26.7 Å². The molecule has 1 aliphatic rings. The van der Waals surface area contributed by atoms with Crippen LogP contribution < -0.4 is 16.0 Å². The largest absolute Gasteiger partial charge is 0.450 e. The van der Waals surface area contributed by atoms with E-state index in [4.69, 9.17) is 4.74 Å². The molecule has 2 rings (SSSR count). The molecule has 28 heavy (non-hydrogen) atoms. The van der Waals surface area contributed by atoms with Crippen LogP contribution in [-0.4, -0.2) is 61.7 Å². The minimum absolute atomic E-state index is 0.0611. The van der Waals surface area contributed by atoms with Gasteiger partial charge in [-0.3, -0.25) is 4.79 Å². The molecule has 1 heterocycles. The molecule has 9 heteroatoms. The number of piperidine rings is 1. The number of likely N-dealkylation sites (tertiary alicyclic amines) is 1. The van der Waals surface area contributed by atoms with Gasteiger partial charge in [-0.2, -0.15) is 0 Å². The maximum absolute atomic E-state index is 12.9. The molecular formula is C19H28FN5O3. The normalized spacial score (nSPS) is 15.1. The molecule has 3 N–H and O–H groups in total. The van der Waals surface area contributed by atoms with Crippen molar-refractivity contribution in [3.8, 4) is 0 Å². The number of halogens is 1. The third-order valence-electron chi connectivity index (χ3n) is 4.21. The molecule has 1 saturated heterocycles. The van der Waals surface area contributed by atoms with Crippen molar-refractivity contribution in [1.82, 2.24) is 15.5 Å². The summed E-state index contributed by atoms with van der Waals surface area (Å²) in [6.45, 7) is 5.92. The lowest BCUT2D eigenvalue weighted by Gasteiger charge is -2.32. The highest BCUT2D eigenvalue weighted by atomic mass is 19.1. The lowest BCUT2D eigenvalue weighted by atomic mass is 10.1. The van der Waals surface area contributed by atoms with Gasteiger partial charge in [0.2, 0.25) is 5.91 Å². The van der Waals surface area contributed by atoms with Crippen LogP contribution in [0.3, 0.4) is 0 Å². The Balaban J connectivity index is 1.82. The predicted molar refractivity (Wildman–Crippen MR) is 106 cm³/mol. The van der Waals surface area contributed by atoms with E-state index in [1.165, 1.54) is 24.3 Å². The van der Waals surface area contributed by atoms with E-state index in [2.05, 4.69) is 20.9 Å². The number of anilines is 1. The highest BCUT2D eigenvalue weighted by Crippen LogP contribution is 2.11. The second kappa shape index (κ2) is 11.1. The third kappa shape index (κ3) is 7.05. The molecule has 1 aromatic rings.